The van der Waals surface area contributed by atoms with E-state index in [0.717, 1.165) is 25.8 Å². The molecule has 17 heavy (non-hydrogen) atoms. The van der Waals surface area contributed by atoms with E-state index in [9.17, 15) is 4.79 Å². The molecule has 90 valence electrons. The predicted molar refractivity (Wildman–Crippen MR) is 64.6 cm³/mol. The molecule has 1 fully saturated rings. The summed E-state index contributed by atoms with van der Waals surface area (Å²) in [5, 5.41) is 0. The third-order valence-electron chi connectivity index (χ3n) is 4.04. The second-order valence-electron chi connectivity index (χ2n) is 4.82. The molecule has 0 aromatic heterocycles. The number of fused-ring (bicyclic) bond motifs is 1. The van der Waals surface area contributed by atoms with Gasteiger partial charge in [0, 0.05) is 12.6 Å². The van der Waals surface area contributed by atoms with Crippen LogP contribution in [0, 0.1) is 0 Å². The summed E-state index contributed by atoms with van der Waals surface area (Å²) in [6.45, 7) is 1.01. The lowest BCUT2D eigenvalue weighted by Crippen LogP contribution is -2.53. The highest BCUT2D eigenvalue weighted by Crippen LogP contribution is 2.40. The fourth-order valence-corrected chi connectivity index (χ4v) is 3.05. The van der Waals surface area contributed by atoms with Crippen molar-refractivity contribution in [3.63, 3.8) is 0 Å². The van der Waals surface area contributed by atoms with E-state index in [1.165, 1.54) is 18.2 Å². The molecule has 1 heterocycles. The van der Waals surface area contributed by atoms with Crippen molar-refractivity contribution >= 4 is 5.97 Å². The van der Waals surface area contributed by atoms with Crippen LogP contribution >= 0.6 is 0 Å². The maximum absolute atomic E-state index is 11.6. The number of rotatable bonds is 2. The fraction of sp³-hybridized carbons (Fsp3) is 0.500. The van der Waals surface area contributed by atoms with Gasteiger partial charge in [-0.15, -0.1) is 0 Å². The summed E-state index contributed by atoms with van der Waals surface area (Å²) in [4.78, 5) is 13.9. The molecule has 2 atom stereocenters. The predicted octanol–water partition coefficient (Wildman–Crippen LogP) is 1.92. The van der Waals surface area contributed by atoms with E-state index in [2.05, 4.69) is 29.2 Å². The number of benzene rings is 1. The molecule has 1 aliphatic heterocycles. The minimum Gasteiger partial charge on any atom is -0.468 e. The Labute approximate surface area is 101 Å². The van der Waals surface area contributed by atoms with Crippen LogP contribution in [0.4, 0.5) is 0 Å². The molecule has 1 aromatic carbocycles. The average molecular weight is 231 g/mol. The first-order valence-electron chi connectivity index (χ1n) is 6.22. The molecular weight excluding hydrogens is 214 g/mol. The van der Waals surface area contributed by atoms with Crippen LogP contribution in [0.1, 0.15) is 30.0 Å². The van der Waals surface area contributed by atoms with Crippen molar-refractivity contribution in [3.05, 3.63) is 35.4 Å². The summed E-state index contributed by atoms with van der Waals surface area (Å²) < 4.78 is 4.85. The Morgan fingerprint density at radius 2 is 2.18 bits per heavy atom. The van der Waals surface area contributed by atoms with Gasteiger partial charge in [-0.1, -0.05) is 24.3 Å². The molecule has 0 spiro atoms. The van der Waals surface area contributed by atoms with Crippen molar-refractivity contribution in [2.75, 3.05) is 13.7 Å². The van der Waals surface area contributed by atoms with Crippen molar-refractivity contribution in [3.8, 4) is 0 Å². The summed E-state index contributed by atoms with van der Waals surface area (Å²) in [5.41, 5.74) is 2.84. The molecule has 3 nitrogen and oxygen atoms in total. The molecule has 1 aliphatic carbocycles. The molecule has 0 bridgehead atoms. The molecule has 3 heteroatoms. The van der Waals surface area contributed by atoms with Gasteiger partial charge < -0.3 is 4.74 Å². The van der Waals surface area contributed by atoms with Gasteiger partial charge in [0.15, 0.2) is 0 Å². The third-order valence-corrected chi connectivity index (χ3v) is 4.04. The lowest BCUT2D eigenvalue weighted by atomic mass is 9.96. The first-order valence-corrected chi connectivity index (χ1v) is 6.22. The number of aryl methyl sites for hydroxylation is 1. The van der Waals surface area contributed by atoms with Crippen molar-refractivity contribution in [1.82, 2.24) is 4.90 Å². The van der Waals surface area contributed by atoms with Gasteiger partial charge in [-0.05, 0) is 30.4 Å². The maximum atomic E-state index is 11.6. The van der Waals surface area contributed by atoms with Crippen LogP contribution in [0.15, 0.2) is 24.3 Å². The minimum atomic E-state index is -0.0827. The number of hydrogen-bond acceptors (Lipinski definition) is 3. The number of methoxy groups -OCH3 is 1. The van der Waals surface area contributed by atoms with E-state index in [4.69, 9.17) is 4.74 Å². The maximum Gasteiger partial charge on any atom is 0.323 e. The first-order chi connectivity index (χ1) is 8.31. The zero-order valence-corrected chi connectivity index (χ0v) is 10.1. The van der Waals surface area contributed by atoms with E-state index in [-0.39, 0.29) is 12.0 Å². The highest BCUT2D eigenvalue weighted by Gasteiger charge is 2.41. The minimum absolute atomic E-state index is 0.0174. The largest absolute Gasteiger partial charge is 0.468 e. The van der Waals surface area contributed by atoms with Gasteiger partial charge in [-0.25, -0.2) is 0 Å². The molecule has 0 saturated carbocycles. The summed E-state index contributed by atoms with van der Waals surface area (Å²) >= 11 is 0. The molecule has 0 amide bonds. The third kappa shape index (κ3) is 1.65. The Kier molecular flexibility index (Phi) is 2.63. The number of esters is 1. The average Bonchev–Trinajstić information content (AvgIpc) is 2.72. The molecule has 1 aromatic rings. The monoisotopic (exact) mass is 231 g/mol. The van der Waals surface area contributed by atoms with Gasteiger partial charge in [0.25, 0.3) is 0 Å². The highest BCUT2D eigenvalue weighted by molar-refractivity contribution is 5.76. The number of nitrogens with zero attached hydrogens (tertiary/aromatic N) is 1. The normalized spacial score (nSPS) is 27.4. The van der Waals surface area contributed by atoms with Crippen LogP contribution in [-0.2, 0) is 16.0 Å². The SMILES string of the molecule is COC(=O)C1CCN1C1CCc2ccccc21. The molecule has 2 aliphatic rings. The summed E-state index contributed by atoms with van der Waals surface area (Å²) in [6, 6.07) is 8.97. The highest BCUT2D eigenvalue weighted by atomic mass is 16.5. The van der Waals surface area contributed by atoms with Crippen molar-refractivity contribution in [1.29, 1.82) is 0 Å². The summed E-state index contributed by atoms with van der Waals surface area (Å²) in [5.74, 6) is -0.0827. The molecule has 2 unspecified atom stereocenters. The molecule has 0 radical (unpaired) electrons. The van der Waals surface area contributed by atoms with Crippen LogP contribution in [-0.4, -0.2) is 30.6 Å². The Balaban J connectivity index is 1.81. The second-order valence-corrected chi connectivity index (χ2v) is 4.82. The molecule has 1 saturated heterocycles. The van der Waals surface area contributed by atoms with Gasteiger partial charge in [-0.3, -0.25) is 9.69 Å². The smallest absolute Gasteiger partial charge is 0.323 e. The van der Waals surface area contributed by atoms with E-state index in [1.807, 2.05) is 0 Å². The Morgan fingerprint density at radius 3 is 2.88 bits per heavy atom. The van der Waals surface area contributed by atoms with E-state index in [0.29, 0.717) is 6.04 Å². The van der Waals surface area contributed by atoms with Gasteiger partial charge in [0.05, 0.1) is 7.11 Å². The zero-order valence-electron chi connectivity index (χ0n) is 10.1. The van der Waals surface area contributed by atoms with Crippen LogP contribution in [0.5, 0.6) is 0 Å². The van der Waals surface area contributed by atoms with Crippen LogP contribution in [0.25, 0.3) is 0 Å². The Morgan fingerprint density at radius 1 is 1.35 bits per heavy atom. The Hall–Kier alpha value is -1.35. The second kappa shape index (κ2) is 4.15. The van der Waals surface area contributed by atoms with Gasteiger partial charge in [0.2, 0.25) is 0 Å². The lowest BCUT2D eigenvalue weighted by molar-refractivity contribution is -0.154. The number of carbonyl (C=O) groups is 1. The number of likely N-dealkylation sites (tertiary alicyclic amines) is 1. The topological polar surface area (TPSA) is 29.5 Å². The summed E-state index contributed by atoms with van der Waals surface area (Å²) in [7, 11) is 1.47. The van der Waals surface area contributed by atoms with E-state index < -0.39 is 0 Å². The van der Waals surface area contributed by atoms with Crippen molar-refractivity contribution in [2.45, 2.75) is 31.3 Å². The number of hydrogen-bond donors (Lipinski definition) is 0. The van der Waals surface area contributed by atoms with Crippen LogP contribution < -0.4 is 0 Å². The molecule has 0 N–H and O–H groups in total. The Bertz CT molecular complexity index is 444. The quantitative estimate of drug-likeness (QED) is 0.728. The van der Waals surface area contributed by atoms with Gasteiger partial charge in [-0.2, -0.15) is 0 Å². The van der Waals surface area contributed by atoms with Gasteiger partial charge >= 0.3 is 5.97 Å². The molecule has 3 rings (SSSR count). The van der Waals surface area contributed by atoms with Crippen molar-refractivity contribution < 1.29 is 9.53 Å². The van der Waals surface area contributed by atoms with E-state index in [1.54, 1.807) is 0 Å². The van der Waals surface area contributed by atoms with Crippen LogP contribution in [0.2, 0.25) is 0 Å². The van der Waals surface area contributed by atoms with Gasteiger partial charge in [0.1, 0.15) is 6.04 Å². The molecular formula is C14H17NO2. The standard InChI is InChI=1S/C14H17NO2/c1-17-14(16)13-8-9-15(13)12-7-6-10-4-2-3-5-11(10)12/h2-5,12-13H,6-9H2,1H3. The lowest BCUT2D eigenvalue weighted by Gasteiger charge is -2.43. The fourth-order valence-electron chi connectivity index (χ4n) is 3.05. The zero-order chi connectivity index (χ0) is 11.8. The van der Waals surface area contributed by atoms with Crippen LogP contribution in [0.3, 0.4) is 0 Å². The first kappa shape index (κ1) is 10.8. The van der Waals surface area contributed by atoms with Crippen molar-refractivity contribution in [2.24, 2.45) is 0 Å². The summed E-state index contributed by atoms with van der Waals surface area (Å²) in [6.07, 6.45) is 3.20. The number of carbonyl (C=O) groups excluding carboxylic acids is 1. The number of ether oxygens (including phenoxy) is 1. The van der Waals surface area contributed by atoms with E-state index >= 15 is 0 Å².